The van der Waals surface area contributed by atoms with Crippen molar-refractivity contribution >= 4 is 10.1 Å². The van der Waals surface area contributed by atoms with Gasteiger partial charge in [-0.2, -0.15) is 13.7 Å². The third kappa shape index (κ3) is 27.2. The Labute approximate surface area is 66.9 Å². The fourth-order valence-corrected chi connectivity index (χ4v) is 0.774. The number of hydrogen-bond donors (Lipinski definition) is 1. The topological polar surface area (TPSA) is 78.2 Å². The lowest BCUT2D eigenvalue weighted by atomic mass is 10.6. The van der Waals surface area contributed by atoms with Gasteiger partial charge in [0.2, 0.25) is 0 Å². The van der Waals surface area contributed by atoms with E-state index in [9.17, 15) is 8.42 Å². The van der Waals surface area contributed by atoms with E-state index in [4.69, 9.17) is 9.81 Å². The average molecular weight is 177 g/mol. The largest absolute Gasteiger partial charge is 0.286 e. The van der Waals surface area contributed by atoms with Crippen LogP contribution in [-0.4, -0.2) is 18.7 Å². The molecule has 1 N–H and O–H groups in total. The molecule has 0 aliphatic heterocycles. The van der Waals surface area contributed by atoms with Crippen molar-refractivity contribution < 1.29 is 13.0 Å². The summed E-state index contributed by atoms with van der Waals surface area (Å²) in [7, 11) is -3.67. The van der Waals surface area contributed by atoms with Crippen molar-refractivity contribution in [2.75, 3.05) is 5.75 Å². The number of hydrogen-bond acceptors (Lipinski definition) is 3. The molecule has 0 radical (unpaired) electrons. The zero-order chi connectivity index (χ0) is 9.33. The lowest BCUT2D eigenvalue weighted by molar-refractivity contribution is 0.482. The highest BCUT2D eigenvalue weighted by Gasteiger charge is 1.98. The fourth-order valence-electron chi connectivity index (χ4n) is 0.258. The molecule has 0 aromatic rings. The third-order valence-electron chi connectivity index (χ3n) is 0.553. The Hall–Kier alpha value is -0.860. The highest BCUT2D eigenvalue weighted by molar-refractivity contribution is 7.85. The Bertz CT molecular complexity index is 225. The van der Waals surface area contributed by atoms with Gasteiger partial charge in [-0.25, -0.2) is 0 Å². The molecule has 0 spiro atoms. The van der Waals surface area contributed by atoms with E-state index in [-0.39, 0.29) is 5.75 Å². The van der Waals surface area contributed by atoms with Gasteiger partial charge >= 0.3 is 0 Å². The lowest BCUT2D eigenvalue weighted by Crippen LogP contribution is -2.01. The zero-order valence-corrected chi connectivity index (χ0v) is 7.13. The second kappa shape index (κ2) is 7.25. The van der Waals surface area contributed by atoms with E-state index in [1.54, 1.807) is 13.0 Å². The molecule has 0 aromatic heterocycles. The molecule has 0 saturated heterocycles. The summed E-state index contributed by atoms with van der Waals surface area (Å²) >= 11 is 0. The molecule has 0 atom stereocenters. The molecule has 0 bridgehead atoms. The van der Waals surface area contributed by atoms with Crippen molar-refractivity contribution in [3.05, 3.63) is 12.7 Å². The van der Waals surface area contributed by atoms with Gasteiger partial charge in [0.25, 0.3) is 10.1 Å². The second-order valence-electron chi connectivity index (χ2n) is 1.62. The molecule has 64 valence electrons. The van der Waals surface area contributed by atoms with E-state index in [2.05, 4.69) is 6.58 Å². The lowest BCUT2D eigenvalue weighted by Gasteiger charge is -1.85. The number of allylic oxidation sites excluding steroid dienone is 1. The maximum absolute atomic E-state index is 9.79. The molecule has 0 rings (SSSR count). The Morgan fingerprint density at radius 3 is 2.09 bits per heavy atom. The summed E-state index contributed by atoms with van der Waals surface area (Å²) in [5.41, 5.74) is 0. The van der Waals surface area contributed by atoms with Crippen LogP contribution in [0, 0.1) is 11.3 Å². The van der Waals surface area contributed by atoms with Crippen molar-refractivity contribution in [1.82, 2.24) is 0 Å². The van der Waals surface area contributed by atoms with Crippen LogP contribution in [0.25, 0.3) is 0 Å². The SMILES string of the molecule is C=CC#N.CCCS(=O)(=O)O. The number of nitrogens with zero attached hydrogens (tertiary/aromatic N) is 1. The monoisotopic (exact) mass is 177 g/mol. The number of rotatable bonds is 2. The van der Waals surface area contributed by atoms with Crippen LogP contribution >= 0.6 is 0 Å². The van der Waals surface area contributed by atoms with E-state index < -0.39 is 10.1 Å². The minimum absolute atomic E-state index is 0.132. The zero-order valence-electron chi connectivity index (χ0n) is 6.32. The highest BCUT2D eigenvalue weighted by atomic mass is 32.2. The summed E-state index contributed by atoms with van der Waals surface area (Å²) in [4.78, 5) is 0. The molecular weight excluding hydrogens is 166 g/mol. The predicted molar refractivity (Wildman–Crippen MR) is 42.5 cm³/mol. The normalized spacial score (nSPS) is 8.82. The first-order valence-corrected chi connectivity index (χ1v) is 4.54. The van der Waals surface area contributed by atoms with Crippen molar-refractivity contribution in [3.8, 4) is 6.07 Å². The van der Waals surface area contributed by atoms with Crippen LogP contribution in [-0.2, 0) is 10.1 Å². The molecule has 0 aliphatic rings. The van der Waals surface area contributed by atoms with Gasteiger partial charge in [0.1, 0.15) is 0 Å². The predicted octanol–water partition coefficient (Wildman–Crippen LogP) is 0.980. The van der Waals surface area contributed by atoms with Crippen molar-refractivity contribution in [1.29, 1.82) is 5.26 Å². The maximum Gasteiger partial charge on any atom is 0.264 e. The molecule has 0 amide bonds. The van der Waals surface area contributed by atoms with Crippen molar-refractivity contribution in [3.63, 3.8) is 0 Å². The fraction of sp³-hybridized carbons (Fsp3) is 0.500. The van der Waals surface area contributed by atoms with Crippen LogP contribution in [0.5, 0.6) is 0 Å². The van der Waals surface area contributed by atoms with Gasteiger partial charge < -0.3 is 0 Å². The summed E-state index contributed by atoms with van der Waals surface area (Å²) < 4.78 is 27.6. The van der Waals surface area contributed by atoms with E-state index in [1.807, 2.05) is 0 Å². The Morgan fingerprint density at radius 1 is 1.73 bits per heavy atom. The molecule has 0 saturated carbocycles. The van der Waals surface area contributed by atoms with Gasteiger partial charge in [0.15, 0.2) is 0 Å². The van der Waals surface area contributed by atoms with Crippen LogP contribution in [0.1, 0.15) is 13.3 Å². The van der Waals surface area contributed by atoms with Crippen LogP contribution in [0.2, 0.25) is 0 Å². The highest BCUT2D eigenvalue weighted by Crippen LogP contribution is 1.83. The van der Waals surface area contributed by atoms with Crippen LogP contribution < -0.4 is 0 Å². The van der Waals surface area contributed by atoms with Crippen LogP contribution in [0.15, 0.2) is 12.7 Å². The number of nitriles is 1. The van der Waals surface area contributed by atoms with E-state index >= 15 is 0 Å². The van der Waals surface area contributed by atoms with Crippen LogP contribution in [0.3, 0.4) is 0 Å². The van der Waals surface area contributed by atoms with E-state index in [0.29, 0.717) is 6.42 Å². The molecule has 0 aliphatic carbocycles. The van der Waals surface area contributed by atoms with Gasteiger partial charge in [0.05, 0.1) is 11.8 Å². The van der Waals surface area contributed by atoms with Gasteiger partial charge in [-0.3, -0.25) is 4.55 Å². The summed E-state index contributed by atoms with van der Waals surface area (Å²) in [5.74, 6) is -0.132. The molecule has 4 nitrogen and oxygen atoms in total. The van der Waals surface area contributed by atoms with Gasteiger partial charge in [-0.15, -0.1) is 0 Å². The molecule has 0 heterocycles. The molecule has 11 heavy (non-hydrogen) atoms. The van der Waals surface area contributed by atoms with E-state index in [0.717, 1.165) is 0 Å². The first-order chi connectivity index (χ1) is 4.97. The van der Waals surface area contributed by atoms with Crippen molar-refractivity contribution in [2.45, 2.75) is 13.3 Å². The first-order valence-electron chi connectivity index (χ1n) is 2.93. The minimum atomic E-state index is -3.67. The smallest absolute Gasteiger partial charge is 0.264 e. The molecule has 0 fully saturated rings. The molecular formula is C6H11NO3S. The maximum atomic E-state index is 9.79. The Morgan fingerprint density at radius 2 is 2.09 bits per heavy atom. The summed E-state index contributed by atoms with van der Waals surface area (Å²) in [6.07, 6.45) is 1.65. The standard InChI is InChI=1S/C3H3N.C3H8O3S/c1-2-3-4;1-2-3-7(4,5)6/h2H,1H2;2-3H2,1H3,(H,4,5,6). The summed E-state index contributed by atoms with van der Waals surface area (Å²) in [5, 5.41) is 7.51. The summed E-state index contributed by atoms with van der Waals surface area (Å²) in [6.45, 7) is 4.81. The summed E-state index contributed by atoms with van der Waals surface area (Å²) in [6, 6.07) is 1.69. The average Bonchev–Trinajstić information content (AvgIpc) is 1.86. The Kier molecular flexibility index (Phi) is 8.43. The van der Waals surface area contributed by atoms with Gasteiger partial charge in [-0.05, 0) is 6.42 Å². The molecule has 0 aromatic carbocycles. The Balaban J connectivity index is 0. The van der Waals surface area contributed by atoms with Gasteiger partial charge in [0, 0.05) is 6.08 Å². The van der Waals surface area contributed by atoms with E-state index in [1.165, 1.54) is 6.08 Å². The van der Waals surface area contributed by atoms with Crippen molar-refractivity contribution in [2.24, 2.45) is 0 Å². The molecule has 0 unspecified atom stereocenters. The third-order valence-corrected chi connectivity index (χ3v) is 1.48. The quantitative estimate of drug-likeness (QED) is 0.503. The second-order valence-corrected chi connectivity index (χ2v) is 3.19. The van der Waals surface area contributed by atoms with Crippen LogP contribution in [0.4, 0.5) is 0 Å². The molecule has 5 heteroatoms. The minimum Gasteiger partial charge on any atom is -0.286 e. The first kappa shape index (κ1) is 12.8. The van der Waals surface area contributed by atoms with Gasteiger partial charge in [-0.1, -0.05) is 13.5 Å².